The topological polar surface area (TPSA) is 240 Å². The second-order valence-electron chi connectivity index (χ2n) is 14.1. The van der Waals surface area contributed by atoms with E-state index >= 15 is 0 Å². The van der Waals surface area contributed by atoms with Crippen LogP contribution in [-0.2, 0) is 43.8 Å². The van der Waals surface area contributed by atoms with Crippen molar-refractivity contribution in [3.8, 4) is 34.5 Å². The highest BCUT2D eigenvalue weighted by Crippen LogP contribution is 2.57. The molecule has 332 valence electrons. The average Bonchev–Trinajstić information content (AvgIpc) is 3.58. The third kappa shape index (κ3) is 9.76. The quantitative estimate of drug-likeness (QED) is 0.0145. The van der Waals surface area contributed by atoms with Crippen molar-refractivity contribution >= 4 is 41.1 Å². The van der Waals surface area contributed by atoms with E-state index in [1.165, 1.54) is 31.4 Å². The normalized spacial score (nSPS) is 15.1. The van der Waals surface area contributed by atoms with Crippen LogP contribution in [0.25, 0.3) is 0 Å². The minimum absolute atomic E-state index is 0.00565. The molecule has 0 saturated carbocycles. The van der Waals surface area contributed by atoms with Gasteiger partial charge in [0.05, 0.1) is 48.7 Å². The maximum atomic E-state index is 13.4. The molecule has 0 radical (unpaired) electrons. The van der Waals surface area contributed by atoms with Gasteiger partial charge in [-0.25, -0.2) is 9.59 Å². The Labute approximate surface area is 365 Å². The fraction of sp³-hybridized carbons (Fsp3) is 0.261. The maximum absolute atomic E-state index is 13.4. The Morgan fingerprint density at radius 1 is 0.828 bits per heavy atom. The predicted octanol–water partition coefficient (Wildman–Crippen LogP) is 6.11. The van der Waals surface area contributed by atoms with E-state index in [0.717, 1.165) is 18.2 Å². The van der Waals surface area contributed by atoms with E-state index in [2.05, 4.69) is 13.2 Å². The van der Waals surface area contributed by atoms with Crippen LogP contribution in [0, 0.1) is 10.1 Å². The summed E-state index contributed by atoms with van der Waals surface area (Å²) in [6.07, 6.45) is -1.76. The van der Waals surface area contributed by atoms with Crippen molar-refractivity contribution < 1.29 is 76.7 Å². The monoisotopic (exact) mass is 879 g/mol. The zero-order valence-electron chi connectivity index (χ0n) is 34.5. The molecule has 2 aliphatic heterocycles. The van der Waals surface area contributed by atoms with Crippen molar-refractivity contribution in [2.75, 3.05) is 26.9 Å². The highest BCUT2D eigenvalue weighted by Gasteiger charge is 2.53. The molecule has 0 aliphatic carbocycles. The molecule has 18 nitrogen and oxygen atoms in total. The number of fused-ring (bicyclic) bond motifs is 6. The molecule has 1 spiro atoms. The van der Waals surface area contributed by atoms with Crippen molar-refractivity contribution in [2.45, 2.75) is 50.4 Å². The van der Waals surface area contributed by atoms with Crippen LogP contribution in [0.3, 0.4) is 0 Å². The summed E-state index contributed by atoms with van der Waals surface area (Å²) in [5, 5.41) is 22.1. The molecule has 18 heteroatoms. The van der Waals surface area contributed by atoms with Crippen LogP contribution in [0.2, 0.25) is 0 Å². The second kappa shape index (κ2) is 19.9. The summed E-state index contributed by atoms with van der Waals surface area (Å²) in [6, 6.07) is 18.7. The number of nitro benzene ring substituents is 1. The van der Waals surface area contributed by atoms with Crippen LogP contribution in [0.1, 0.15) is 71.3 Å². The Kier molecular flexibility index (Phi) is 14.2. The van der Waals surface area contributed by atoms with E-state index in [1.807, 2.05) is 0 Å². The number of rotatable bonds is 21. The Balaban J connectivity index is 1.22. The van der Waals surface area contributed by atoms with Gasteiger partial charge in [0.1, 0.15) is 42.3 Å². The molecular weight excluding hydrogens is 838 g/mol. The van der Waals surface area contributed by atoms with Crippen LogP contribution in [-0.4, -0.2) is 78.5 Å². The lowest BCUT2D eigenvalue weighted by Gasteiger charge is -2.36. The number of hydrogen-bond acceptors (Lipinski definition) is 17. The summed E-state index contributed by atoms with van der Waals surface area (Å²) in [5.74, 6) is -3.58. The molecule has 4 aromatic rings. The zero-order valence-corrected chi connectivity index (χ0v) is 34.5. The lowest BCUT2D eigenvalue weighted by atomic mass is 9.77. The van der Waals surface area contributed by atoms with Gasteiger partial charge < -0.3 is 43.0 Å². The lowest BCUT2D eigenvalue weighted by Crippen LogP contribution is -2.33. The smallest absolute Gasteiger partial charge is 0.340 e. The van der Waals surface area contributed by atoms with Gasteiger partial charge in [0, 0.05) is 41.3 Å². The van der Waals surface area contributed by atoms with Gasteiger partial charge in [0.25, 0.3) is 5.69 Å². The first-order valence-electron chi connectivity index (χ1n) is 19.7. The average molecular weight is 880 g/mol. The third-order valence-corrected chi connectivity index (χ3v) is 10.0. The number of benzene rings is 4. The first kappa shape index (κ1) is 45.7. The molecule has 3 atom stereocenters. The molecular formula is C46H41NO17. The first-order valence-corrected chi connectivity index (χ1v) is 19.7. The molecule has 3 unspecified atom stereocenters. The summed E-state index contributed by atoms with van der Waals surface area (Å²) in [5.41, 5.74) is -0.0801. The van der Waals surface area contributed by atoms with E-state index in [1.54, 1.807) is 49.4 Å². The molecule has 1 N–H and O–H groups in total. The van der Waals surface area contributed by atoms with Crippen molar-refractivity contribution in [2.24, 2.45) is 0 Å². The number of carbonyl (C=O) groups is 6. The fourth-order valence-electron chi connectivity index (χ4n) is 7.01. The second-order valence-corrected chi connectivity index (χ2v) is 14.1. The fourth-order valence-corrected chi connectivity index (χ4v) is 7.01. The van der Waals surface area contributed by atoms with Crippen molar-refractivity contribution in [3.63, 3.8) is 0 Å². The number of ketones is 2. The van der Waals surface area contributed by atoms with E-state index in [9.17, 15) is 44.0 Å². The number of Topliss-reactive ketones (excluding diaryl/α,β-unsaturated/α-hetero) is 1. The summed E-state index contributed by atoms with van der Waals surface area (Å²) in [6.45, 7) is 7.61. The number of hydrogen-bond donors (Lipinski definition) is 1. The minimum Gasteiger partial charge on any atom is -0.493 e. The molecule has 0 amide bonds. The molecule has 0 aromatic heterocycles. The zero-order chi connectivity index (χ0) is 46.1. The number of aliphatic hydroxyl groups excluding tert-OH is 1. The molecule has 4 aromatic carbocycles. The van der Waals surface area contributed by atoms with Gasteiger partial charge in [-0.2, -0.15) is 0 Å². The Morgan fingerprint density at radius 3 is 2.19 bits per heavy atom. The van der Waals surface area contributed by atoms with Gasteiger partial charge in [0.2, 0.25) is 0 Å². The number of aliphatic hydroxyl groups is 1. The van der Waals surface area contributed by atoms with E-state index in [4.69, 9.17) is 37.9 Å². The Bertz CT molecular complexity index is 2550. The molecule has 0 fully saturated rings. The Morgan fingerprint density at radius 2 is 1.50 bits per heavy atom. The number of nitro groups is 1. The summed E-state index contributed by atoms with van der Waals surface area (Å²) in [7, 11) is 1.34. The van der Waals surface area contributed by atoms with Crippen molar-refractivity contribution in [1.29, 1.82) is 0 Å². The van der Waals surface area contributed by atoms with E-state index in [0.29, 0.717) is 22.3 Å². The predicted molar refractivity (Wildman–Crippen MR) is 221 cm³/mol. The van der Waals surface area contributed by atoms with Crippen LogP contribution in [0.5, 0.6) is 34.5 Å². The number of esters is 4. The SMILES string of the molecule is C=CC(=O)OCCOC(=O)CCC(=O)Oc1ccc2c(c1)Oc1cc(OC(C)c3cc(OC)c(OCCCC(=O)C(O)C(=O)C=C)cc3[N+](=O)[O-])ccc1C21OC(=O)c2ccccc21. The van der Waals surface area contributed by atoms with Crippen LogP contribution in [0.4, 0.5) is 5.69 Å². The van der Waals surface area contributed by atoms with E-state index < -0.39 is 58.2 Å². The first-order chi connectivity index (χ1) is 30.7. The number of ether oxygens (including phenoxy) is 8. The summed E-state index contributed by atoms with van der Waals surface area (Å²) < 4.78 is 45.2. The van der Waals surface area contributed by atoms with Gasteiger partial charge in [-0.3, -0.25) is 29.3 Å². The van der Waals surface area contributed by atoms with Gasteiger partial charge in [-0.15, -0.1) is 0 Å². The molecule has 6 rings (SSSR count). The van der Waals surface area contributed by atoms with Gasteiger partial charge in [0.15, 0.2) is 34.8 Å². The van der Waals surface area contributed by atoms with Crippen LogP contribution in [0.15, 0.2) is 98.1 Å². The molecule has 0 saturated heterocycles. The number of methoxy groups -OCH3 is 1. The Hall–Kier alpha value is -7.86. The van der Waals surface area contributed by atoms with Gasteiger partial charge >= 0.3 is 23.9 Å². The molecule has 64 heavy (non-hydrogen) atoms. The summed E-state index contributed by atoms with van der Waals surface area (Å²) in [4.78, 5) is 84.8. The largest absolute Gasteiger partial charge is 0.493 e. The van der Waals surface area contributed by atoms with Crippen molar-refractivity contribution in [1.82, 2.24) is 0 Å². The number of nitrogens with zero attached hydrogens (tertiary/aromatic N) is 1. The summed E-state index contributed by atoms with van der Waals surface area (Å²) >= 11 is 0. The van der Waals surface area contributed by atoms with Crippen LogP contribution < -0.4 is 23.7 Å². The van der Waals surface area contributed by atoms with Crippen molar-refractivity contribution in [3.05, 3.63) is 136 Å². The molecule has 2 heterocycles. The van der Waals surface area contributed by atoms with Gasteiger partial charge in [-0.05, 0) is 55.8 Å². The van der Waals surface area contributed by atoms with E-state index in [-0.39, 0.29) is 91.3 Å². The molecule has 0 bridgehead atoms. The molecule has 2 aliphatic rings. The lowest BCUT2D eigenvalue weighted by molar-refractivity contribution is -0.386. The maximum Gasteiger partial charge on any atom is 0.340 e. The van der Waals surface area contributed by atoms with Gasteiger partial charge in [-0.1, -0.05) is 31.4 Å². The van der Waals surface area contributed by atoms with Crippen LogP contribution >= 0.6 is 0 Å². The standard InChI is InChI=1S/C46H41NO17/c1-5-35(48)44(53)36(49)12-9-19-58-40-25-34(47(55)56)30(24-39(40)57-4)26(3)61-27-13-15-32-37(22-27)63-38-23-28(62-43(52)18-17-42(51)60-21-20-59-41(50)6-2)14-16-33(38)46(32)31-11-8-7-10-29(31)45(54)64-46/h5-8,10-11,13-16,22-26,44,53H,1-2,9,12,17-21H2,3-4H3. The highest BCUT2D eigenvalue weighted by molar-refractivity contribution is 6.09. The highest BCUT2D eigenvalue weighted by atomic mass is 16.6. The minimum atomic E-state index is -1.83. The number of carbonyl (C=O) groups excluding carboxylic acids is 6. The third-order valence-electron chi connectivity index (χ3n) is 10.0.